The number of hydrogen-bond acceptors (Lipinski definition) is 6. The fraction of sp³-hybridized carbons (Fsp3) is 0.176. The number of carbonyl (C=O) groups is 2. The molecule has 0 fully saturated rings. The van der Waals surface area contributed by atoms with E-state index in [-0.39, 0.29) is 17.1 Å². The van der Waals surface area contributed by atoms with Gasteiger partial charge < -0.3 is 14.8 Å². The number of nitro groups is 1. The number of nitrogens with one attached hydrogen (secondary N) is 1. The Balaban J connectivity index is 1.90. The molecule has 0 radical (unpaired) electrons. The summed E-state index contributed by atoms with van der Waals surface area (Å²) in [7, 11) is 0. The monoisotopic (exact) mass is 362 g/mol. The van der Waals surface area contributed by atoms with Crippen molar-refractivity contribution in [2.24, 2.45) is 0 Å². The molecule has 0 spiro atoms. The van der Waals surface area contributed by atoms with Crippen LogP contribution in [-0.2, 0) is 14.3 Å². The fourth-order valence-corrected chi connectivity index (χ4v) is 1.96. The van der Waals surface area contributed by atoms with Crippen LogP contribution >= 0.6 is 0 Å². The van der Waals surface area contributed by atoms with Gasteiger partial charge in [-0.2, -0.15) is 0 Å². The molecule has 136 valence electrons. The summed E-state index contributed by atoms with van der Waals surface area (Å²) in [5.41, 5.74) is -0.310. The Bertz CT molecular complexity index is 826. The van der Waals surface area contributed by atoms with E-state index >= 15 is 0 Å². The van der Waals surface area contributed by atoms with Crippen molar-refractivity contribution in [1.29, 1.82) is 0 Å². The van der Waals surface area contributed by atoms with Gasteiger partial charge in [0.25, 0.3) is 11.6 Å². The van der Waals surface area contributed by atoms with Gasteiger partial charge in [0.15, 0.2) is 24.3 Å². The van der Waals surface area contributed by atoms with E-state index in [0.29, 0.717) is 0 Å². The van der Waals surface area contributed by atoms with Crippen LogP contribution in [-0.4, -0.2) is 29.5 Å². The number of esters is 1. The summed E-state index contributed by atoms with van der Waals surface area (Å²) < 4.78 is 23.2. The minimum atomic E-state index is -1.23. The first-order chi connectivity index (χ1) is 12.4. The first-order valence-electron chi connectivity index (χ1n) is 7.49. The number of amides is 1. The maximum atomic E-state index is 13.4. The molecule has 0 aliphatic carbocycles. The highest BCUT2D eigenvalue weighted by atomic mass is 19.1. The van der Waals surface area contributed by atoms with Crippen LogP contribution in [0.1, 0.15) is 6.92 Å². The zero-order valence-electron chi connectivity index (χ0n) is 13.7. The van der Waals surface area contributed by atoms with E-state index in [1.165, 1.54) is 55.5 Å². The molecule has 0 aromatic heterocycles. The summed E-state index contributed by atoms with van der Waals surface area (Å²) in [5.74, 6) is -2.40. The van der Waals surface area contributed by atoms with E-state index in [0.717, 1.165) is 0 Å². The van der Waals surface area contributed by atoms with Gasteiger partial charge in [-0.25, -0.2) is 9.18 Å². The normalized spacial score (nSPS) is 11.3. The molecule has 0 saturated heterocycles. The maximum Gasteiger partial charge on any atom is 0.344 e. The number of nitro benzene ring substituents is 1. The second-order valence-corrected chi connectivity index (χ2v) is 5.11. The van der Waals surface area contributed by atoms with Crippen molar-refractivity contribution in [3.63, 3.8) is 0 Å². The van der Waals surface area contributed by atoms with Crippen LogP contribution in [0.4, 0.5) is 15.8 Å². The van der Waals surface area contributed by atoms with E-state index in [4.69, 9.17) is 9.47 Å². The lowest BCUT2D eigenvalue weighted by Crippen LogP contribution is -2.31. The van der Waals surface area contributed by atoms with Crippen LogP contribution < -0.4 is 10.1 Å². The fourth-order valence-electron chi connectivity index (χ4n) is 1.96. The standard InChI is InChI=1S/C17H15FN2O6/c1-11(17(22)19-13-7-3-4-8-14(13)20(23)24)26-16(21)10-25-15-9-5-2-6-12(15)18/h2-9,11H,10H2,1H3,(H,19,22)/t11-/m1/s1. The molecule has 0 unspecified atom stereocenters. The lowest BCUT2D eigenvalue weighted by Gasteiger charge is -2.14. The maximum absolute atomic E-state index is 13.4. The summed E-state index contributed by atoms with van der Waals surface area (Å²) in [4.78, 5) is 34.0. The highest BCUT2D eigenvalue weighted by Crippen LogP contribution is 2.23. The first kappa shape index (κ1) is 18.8. The molecule has 1 atom stereocenters. The van der Waals surface area contributed by atoms with Crippen LogP contribution in [0.25, 0.3) is 0 Å². The molecule has 1 amide bonds. The van der Waals surface area contributed by atoms with E-state index in [2.05, 4.69) is 5.32 Å². The smallest absolute Gasteiger partial charge is 0.344 e. The van der Waals surface area contributed by atoms with Gasteiger partial charge in [-0.1, -0.05) is 24.3 Å². The Morgan fingerprint density at radius 3 is 2.54 bits per heavy atom. The average molecular weight is 362 g/mol. The van der Waals surface area contributed by atoms with Crippen molar-refractivity contribution in [3.05, 3.63) is 64.5 Å². The van der Waals surface area contributed by atoms with E-state index in [1.54, 1.807) is 0 Å². The number of para-hydroxylation sites is 3. The van der Waals surface area contributed by atoms with Crippen molar-refractivity contribution >= 4 is 23.3 Å². The summed E-state index contributed by atoms with van der Waals surface area (Å²) >= 11 is 0. The predicted molar refractivity (Wildman–Crippen MR) is 89.2 cm³/mol. The number of hydrogen-bond donors (Lipinski definition) is 1. The van der Waals surface area contributed by atoms with Crippen molar-refractivity contribution < 1.29 is 28.4 Å². The quantitative estimate of drug-likeness (QED) is 0.461. The van der Waals surface area contributed by atoms with Crippen LogP contribution in [0.3, 0.4) is 0 Å². The Morgan fingerprint density at radius 1 is 1.19 bits per heavy atom. The highest BCUT2D eigenvalue weighted by molar-refractivity contribution is 5.96. The van der Waals surface area contributed by atoms with Crippen molar-refractivity contribution in [2.75, 3.05) is 11.9 Å². The van der Waals surface area contributed by atoms with E-state index in [9.17, 15) is 24.1 Å². The third-order valence-electron chi connectivity index (χ3n) is 3.22. The molecule has 0 bridgehead atoms. The zero-order chi connectivity index (χ0) is 19.1. The largest absolute Gasteiger partial charge is 0.479 e. The van der Waals surface area contributed by atoms with Gasteiger partial charge in [0.2, 0.25) is 0 Å². The average Bonchev–Trinajstić information content (AvgIpc) is 2.61. The molecule has 8 nitrogen and oxygen atoms in total. The third-order valence-corrected chi connectivity index (χ3v) is 3.22. The molecule has 0 aliphatic heterocycles. The number of ether oxygens (including phenoxy) is 2. The number of rotatable bonds is 7. The molecule has 26 heavy (non-hydrogen) atoms. The highest BCUT2D eigenvalue weighted by Gasteiger charge is 2.22. The Morgan fingerprint density at radius 2 is 1.85 bits per heavy atom. The van der Waals surface area contributed by atoms with E-state index in [1.807, 2.05) is 0 Å². The van der Waals surface area contributed by atoms with Gasteiger partial charge in [-0.15, -0.1) is 0 Å². The minimum Gasteiger partial charge on any atom is -0.479 e. The van der Waals surface area contributed by atoms with Gasteiger partial charge >= 0.3 is 5.97 Å². The molecule has 2 rings (SSSR count). The summed E-state index contributed by atoms with van der Waals surface area (Å²) in [6, 6.07) is 11.1. The molecule has 0 saturated carbocycles. The molecular formula is C17H15FN2O6. The summed E-state index contributed by atoms with van der Waals surface area (Å²) in [6.07, 6.45) is -1.23. The predicted octanol–water partition coefficient (Wildman–Crippen LogP) is 2.68. The number of carbonyl (C=O) groups excluding carboxylic acids is 2. The Hall–Kier alpha value is -3.49. The molecule has 0 heterocycles. The Kier molecular flexibility index (Phi) is 6.20. The topological polar surface area (TPSA) is 108 Å². The van der Waals surface area contributed by atoms with Crippen LogP contribution in [0.5, 0.6) is 5.75 Å². The van der Waals surface area contributed by atoms with Crippen LogP contribution in [0.15, 0.2) is 48.5 Å². The molecule has 2 aromatic rings. The molecular weight excluding hydrogens is 347 g/mol. The number of halogens is 1. The van der Waals surface area contributed by atoms with Gasteiger partial charge in [0.05, 0.1) is 4.92 Å². The first-order valence-corrected chi connectivity index (χ1v) is 7.49. The lowest BCUT2D eigenvalue weighted by atomic mass is 10.2. The molecule has 2 aromatic carbocycles. The molecule has 0 aliphatic rings. The Labute approximate surface area is 147 Å². The number of anilines is 1. The number of benzene rings is 2. The summed E-state index contributed by atoms with van der Waals surface area (Å²) in [5, 5.41) is 13.2. The molecule has 1 N–H and O–H groups in total. The van der Waals surface area contributed by atoms with Crippen LogP contribution in [0, 0.1) is 15.9 Å². The van der Waals surface area contributed by atoms with Crippen molar-refractivity contribution in [3.8, 4) is 5.75 Å². The zero-order valence-corrected chi connectivity index (χ0v) is 13.7. The number of nitrogens with zero attached hydrogens (tertiary/aromatic N) is 1. The second-order valence-electron chi connectivity index (χ2n) is 5.11. The van der Waals surface area contributed by atoms with Gasteiger partial charge in [0, 0.05) is 6.07 Å². The summed E-state index contributed by atoms with van der Waals surface area (Å²) in [6.45, 7) is 0.704. The van der Waals surface area contributed by atoms with Crippen molar-refractivity contribution in [2.45, 2.75) is 13.0 Å². The van der Waals surface area contributed by atoms with Gasteiger partial charge in [-0.3, -0.25) is 14.9 Å². The van der Waals surface area contributed by atoms with E-state index < -0.39 is 35.3 Å². The van der Waals surface area contributed by atoms with Crippen molar-refractivity contribution in [1.82, 2.24) is 0 Å². The second kappa shape index (κ2) is 8.56. The molecule has 9 heteroatoms. The lowest BCUT2D eigenvalue weighted by molar-refractivity contribution is -0.383. The minimum absolute atomic E-state index is 0.0204. The SMILES string of the molecule is C[C@@H](OC(=O)COc1ccccc1F)C(=O)Nc1ccccc1[N+](=O)[O-]. The van der Waals surface area contributed by atoms with Crippen LogP contribution in [0.2, 0.25) is 0 Å². The third kappa shape index (κ3) is 5.00. The van der Waals surface area contributed by atoms with Gasteiger partial charge in [0.1, 0.15) is 5.69 Å². The van der Waals surface area contributed by atoms with Gasteiger partial charge in [-0.05, 0) is 25.1 Å².